The van der Waals surface area contributed by atoms with Gasteiger partial charge in [0.15, 0.2) is 0 Å². The summed E-state index contributed by atoms with van der Waals surface area (Å²) in [5.74, 6) is -0.159. The first-order chi connectivity index (χ1) is 10.3. The van der Waals surface area contributed by atoms with Gasteiger partial charge in [0.2, 0.25) is 0 Å². The van der Waals surface area contributed by atoms with Crippen molar-refractivity contribution in [1.82, 2.24) is 9.55 Å². The second-order valence-corrected chi connectivity index (χ2v) is 7.07. The van der Waals surface area contributed by atoms with Crippen LogP contribution < -0.4 is 0 Å². The first kappa shape index (κ1) is 15.0. The Morgan fingerprint density at radius 2 is 1.77 bits per heavy atom. The molecule has 0 fully saturated rings. The molecule has 0 saturated heterocycles. The molecular formula is C17H16BrFN2O. The lowest BCUT2D eigenvalue weighted by Crippen LogP contribution is -2.17. The number of hydrogen-bond acceptors (Lipinski definition) is 2. The molecule has 3 rings (SSSR count). The van der Waals surface area contributed by atoms with E-state index in [0.717, 1.165) is 21.4 Å². The highest BCUT2D eigenvalue weighted by molar-refractivity contribution is 9.10. The van der Waals surface area contributed by atoms with Crippen molar-refractivity contribution < 1.29 is 9.50 Å². The predicted molar refractivity (Wildman–Crippen MR) is 89.1 cm³/mol. The van der Waals surface area contributed by atoms with Gasteiger partial charge in [-0.15, -0.1) is 0 Å². The highest BCUT2D eigenvalue weighted by Gasteiger charge is 2.27. The van der Waals surface area contributed by atoms with Gasteiger partial charge in [0.1, 0.15) is 11.6 Å². The topological polar surface area (TPSA) is 38.1 Å². The number of halogens is 2. The van der Waals surface area contributed by atoms with Crippen molar-refractivity contribution in [2.75, 3.05) is 0 Å². The SMILES string of the molecule is CC(C)(C)c1c(Br)c2c(O)cncc2n1-c1ccc(F)cc1. The fourth-order valence-corrected chi connectivity index (χ4v) is 3.87. The third kappa shape index (κ3) is 2.29. The number of rotatable bonds is 1. The van der Waals surface area contributed by atoms with E-state index in [2.05, 4.69) is 41.7 Å². The zero-order chi connectivity index (χ0) is 16.1. The summed E-state index contributed by atoms with van der Waals surface area (Å²) in [5.41, 5.74) is 2.42. The fraction of sp³-hybridized carbons (Fsp3) is 0.235. The Morgan fingerprint density at radius 1 is 1.14 bits per heavy atom. The van der Waals surface area contributed by atoms with Crippen LogP contribution >= 0.6 is 15.9 Å². The molecule has 114 valence electrons. The molecule has 3 aromatic rings. The molecule has 5 heteroatoms. The van der Waals surface area contributed by atoms with Gasteiger partial charge in [0.25, 0.3) is 0 Å². The number of fused-ring (bicyclic) bond motifs is 1. The normalized spacial score (nSPS) is 12.0. The minimum Gasteiger partial charge on any atom is -0.506 e. The molecule has 0 aliphatic rings. The number of nitrogens with zero attached hydrogens (tertiary/aromatic N) is 2. The summed E-state index contributed by atoms with van der Waals surface area (Å²) in [7, 11) is 0. The lowest BCUT2D eigenvalue weighted by molar-refractivity contribution is 0.479. The van der Waals surface area contributed by atoms with Crippen molar-refractivity contribution in [3.63, 3.8) is 0 Å². The third-order valence-corrected chi connectivity index (χ3v) is 4.37. The summed E-state index contributed by atoms with van der Waals surface area (Å²) < 4.78 is 16.1. The molecule has 0 amide bonds. The Balaban J connectivity index is 2.46. The molecule has 0 spiro atoms. The van der Waals surface area contributed by atoms with Crippen molar-refractivity contribution >= 4 is 26.8 Å². The number of hydrogen-bond donors (Lipinski definition) is 1. The molecule has 2 aromatic heterocycles. The largest absolute Gasteiger partial charge is 0.506 e. The maximum absolute atomic E-state index is 13.2. The Morgan fingerprint density at radius 3 is 2.36 bits per heavy atom. The number of pyridine rings is 1. The smallest absolute Gasteiger partial charge is 0.144 e. The maximum atomic E-state index is 13.2. The Hall–Kier alpha value is -1.88. The molecule has 0 radical (unpaired) electrons. The van der Waals surface area contributed by atoms with E-state index in [1.807, 2.05) is 4.57 Å². The Labute approximate surface area is 136 Å². The first-order valence-electron chi connectivity index (χ1n) is 6.94. The first-order valence-corrected chi connectivity index (χ1v) is 7.73. The summed E-state index contributed by atoms with van der Waals surface area (Å²) >= 11 is 3.62. The molecule has 1 N–H and O–H groups in total. The van der Waals surface area contributed by atoms with Gasteiger partial charge in [0, 0.05) is 16.8 Å². The summed E-state index contributed by atoms with van der Waals surface area (Å²) in [6.07, 6.45) is 3.13. The minimum absolute atomic E-state index is 0.121. The molecule has 22 heavy (non-hydrogen) atoms. The van der Waals surface area contributed by atoms with Crippen LogP contribution in [-0.2, 0) is 5.41 Å². The van der Waals surface area contributed by atoms with Crippen molar-refractivity contribution in [3.05, 3.63) is 52.6 Å². The monoisotopic (exact) mass is 362 g/mol. The Kier molecular flexibility index (Phi) is 3.48. The summed E-state index contributed by atoms with van der Waals surface area (Å²) in [6.45, 7) is 6.28. The number of aromatic hydroxyl groups is 1. The van der Waals surface area contributed by atoms with Gasteiger partial charge < -0.3 is 9.67 Å². The molecule has 3 nitrogen and oxygen atoms in total. The molecule has 0 bridgehead atoms. The van der Waals surface area contributed by atoms with Gasteiger partial charge >= 0.3 is 0 Å². The molecule has 0 atom stereocenters. The predicted octanol–water partition coefficient (Wildman–Crippen LogP) is 4.93. The maximum Gasteiger partial charge on any atom is 0.144 e. The molecule has 0 unspecified atom stereocenters. The highest BCUT2D eigenvalue weighted by Crippen LogP contribution is 2.42. The van der Waals surface area contributed by atoms with E-state index < -0.39 is 0 Å². The second-order valence-electron chi connectivity index (χ2n) is 6.28. The summed E-state index contributed by atoms with van der Waals surface area (Å²) in [5, 5.41) is 10.9. The van der Waals surface area contributed by atoms with Gasteiger partial charge in [-0.05, 0) is 40.2 Å². The molecule has 2 heterocycles. The van der Waals surface area contributed by atoms with Gasteiger partial charge in [0.05, 0.1) is 27.8 Å². The van der Waals surface area contributed by atoms with E-state index in [4.69, 9.17) is 0 Å². The average molecular weight is 363 g/mol. The van der Waals surface area contributed by atoms with Crippen LogP contribution in [0.1, 0.15) is 26.5 Å². The molecule has 1 aromatic carbocycles. The number of benzene rings is 1. The quantitative estimate of drug-likeness (QED) is 0.666. The highest BCUT2D eigenvalue weighted by atomic mass is 79.9. The van der Waals surface area contributed by atoms with Crippen molar-refractivity contribution in [2.24, 2.45) is 0 Å². The zero-order valence-electron chi connectivity index (χ0n) is 12.6. The van der Waals surface area contributed by atoms with E-state index in [0.29, 0.717) is 5.39 Å². The van der Waals surface area contributed by atoms with Crippen LogP contribution in [0, 0.1) is 5.82 Å². The summed E-state index contributed by atoms with van der Waals surface area (Å²) in [6, 6.07) is 6.30. The standard InChI is InChI=1S/C17H16BrFN2O/c1-17(2,3)16-15(18)14-12(8-20-9-13(14)22)21(16)11-6-4-10(19)5-7-11/h4-9,22H,1-3H3. The molecule has 0 aliphatic carbocycles. The van der Waals surface area contributed by atoms with Crippen LogP contribution in [0.4, 0.5) is 4.39 Å². The fourth-order valence-electron chi connectivity index (χ4n) is 2.69. The third-order valence-electron chi connectivity index (χ3n) is 3.59. The van der Waals surface area contributed by atoms with Gasteiger partial charge in [-0.1, -0.05) is 20.8 Å². The van der Waals surface area contributed by atoms with Crippen LogP contribution in [0.25, 0.3) is 16.6 Å². The van der Waals surface area contributed by atoms with Crippen LogP contribution in [0.15, 0.2) is 41.1 Å². The van der Waals surface area contributed by atoms with Gasteiger partial charge in [-0.3, -0.25) is 4.98 Å². The van der Waals surface area contributed by atoms with E-state index in [1.54, 1.807) is 18.3 Å². The van der Waals surface area contributed by atoms with Crippen molar-refractivity contribution in [1.29, 1.82) is 0 Å². The van der Waals surface area contributed by atoms with Gasteiger partial charge in [-0.2, -0.15) is 0 Å². The second kappa shape index (κ2) is 5.09. The summed E-state index contributed by atoms with van der Waals surface area (Å²) in [4.78, 5) is 4.09. The Bertz CT molecular complexity index is 848. The van der Waals surface area contributed by atoms with E-state index in [9.17, 15) is 9.50 Å². The molecule has 0 aliphatic heterocycles. The van der Waals surface area contributed by atoms with E-state index in [1.165, 1.54) is 18.3 Å². The minimum atomic E-state index is -0.280. The van der Waals surface area contributed by atoms with Crippen LogP contribution in [0.5, 0.6) is 5.75 Å². The lowest BCUT2D eigenvalue weighted by Gasteiger charge is -2.23. The molecular weight excluding hydrogens is 347 g/mol. The van der Waals surface area contributed by atoms with Crippen molar-refractivity contribution in [3.8, 4) is 11.4 Å². The van der Waals surface area contributed by atoms with Crippen molar-refractivity contribution in [2.45, 2.75) is 26.2 Å². The van der Waals surface area contributed by atoms with Gasteiger partial charge in [-0.25, -0.2) is 4.39 Å². The zero-order valence-corrected chi connectivity index (χ0v) is 14.1. The van der Waals surface area contributed by atoms with Crippen LogP contribution in [0.3, 0.4) is 0 Å². The number of aromatic nitrogens is 2. The van der Waals surface area contributed by atoms with E-state index >= 15 is 0 Å². The average Bonchev–Trinajstić information content (AvgIpc) is 2.74. The van der Waals surface area contributed by atoms with Crippen LogP contribution in [-0.4, -0.2) is 14.7 Å². The van der Waals surface area contributed by atoms with Crippen LogP contribution in [0.2, 0.25) is 0 Å². The van der Waals surface area contributed by atoms with E-state index in [-0.39, 0.29) is 17.0 Å². The lowest BCUT2D eigenvalue weighted by atomic mass is 9.92. The molecule has 0 saturated carbocycles.